The molecule has 0 fully saturated rings. The largest absolute Gasteiger partial charge is 0.490 e. The second-order valence-electron chi connectivity index (χ2n) is 7.53. The molecule has 1 aromatic heterocycles. The van der Waals surface area contributed by atoms with Crippen LogP contribution in [0.25, 0.3) is 0 Å². The summed E-state index contributed by atoms with van der Waals surface area (Å²) in [6, 6.07) is 10.9. The number of tetrazole rings is 1. The predicted octanol–water partition coefficient (Wildman–Crippen LogP) is 4.47. The molecule has 9 nitrogen and oxygen atoms in total. The Morgan fingerprint density at radius 1 is 1.18 bits per heavy atom. The van der Waals surface area contributed by atoms with Crippen molar-refractivity contribution in [3.8, 4) is 11.5 Å². The first-order valence-electron chi connectivity index (χ1n) is 10.7. The average molecular weight is 513 g/mol. The van der Waals surface area contributed by atoms with Crippen molar-refractivity contribution in [3.63, 3.8) is 0 Å². The Balaban J connectivity index is 1.81. The SMILES string of the molecule is CCOc1cc(C2C(C(=O)Nc3cccc(C)c3)=C(C)Nc3nnnn32)cc(Br)c1OCC. The van der Waals surface area contributed by atoms with Crippen molar-refractivity contribution in [1.82, 2.24) is 20.2 Å². The van der Waals surface area contributed by atoms with Gasteiger partial charge >= 0.3 is 0 Å². The summed E-state index contributed by atoms with van der Waals surface area (Å²) in [4.78, 5) is 13.5. The van der Waals surface area contributed by atoms with Gasteiger partial charge in [0.2, 0.25) is 5.95 Å². The third-order valence-corrected chi connectivity index (χ3v) is 5.76. The highest BCUT2D eigenvalue weighted by molar-refractivity contribution is 9.10. The number of anilines is 2. The van der Waals surface area contributed by atoms with E-state index in [2.05, 4.69) is 42.1 Å². The van der Waals surface area contributed by atoms with Gasteiger partial charge in [-0.2, -0.15) is 4.68 Å². The van der Waals surface area contributed by atoms with E-state index in [0.717, 1.165) is 15.6 Å². The topological polar surface area (TPSA) is 103 Å². The highest BCUT2D eigenvalue weighted by atomic mass is 79.9. The van der Waals surface area contributed by atoms with Crippen LogP contribution in [0.1, 0.15) is 37.9 Å². The fourth-order valence-electron chi connectivity index (χ4n) is 3.83. The molecule has 2 heterocycles. The molecule has 3 aromatic rings. The molecule has 0 spiro atoms. The minimum absolute atomic E-state index is 0.250. The van der Waals surface area contributed by atoms with Crippen molar-refractivity contribution in [1.29, 1.82) is 0 Å². The molecule has 1 amide bonds. The van der Waals surface area contributed by atoms with Gasteiger partial charge in [-0.25, -0.2) is 0 Å². The summed E-state index contributed by atoms with van der Waals surface area (Å²) in [6.07, 6.45) is 0. The Morgan fingerprint density at radius 2 is 1.97 bits per heavy atom. The number of amides is 1. The number of nitrogens with one attached hydrogen (secondary N) is 2. The lowest BCUT2D eigenvalue weighted by molar-refractivity contribution is -0.113. The van der Waals surface area contributed by atoms with Crippen LogP contribution in [-0.2, 0) is 4.79 Å². The fraction of sp³-hybridized carbons (Fsp3) is 0.304. The summed E-state index contributed by atoms with van der Waals surface area (Å²) < 4.78 is 13.9. The monoisotopic (exact) mass is 512 g/mol. The molecule has 2 aromatic carbocycles. The molecule has 0 radical (unpaired) electrons. The number of hydrogen-bond acceptors (Lipinski definition) is 7. The minimum atomic E-state index is -0.577. The Hall–Kier alpha value is -3.40. The smallest absolute Gasteiger partial charge is 0.255 e. The molecule has 2 N–H and O–H groups in total. The number of aromatic nitrogens is 4. The number of allylic oxidation sites excluding steroid dienone is 1. The number of ether oxygens (including phenoxy) is 2. The number of rotatable bonds is 7. The van der Waals surface area contributed by atoms with Crippen LogP contribution in [-0.4, -0.2) is 39.3 Å². The van der Waals surface area contributed by atoms with Gasteiger partial charge in [0.1, 0.15) is 6.04 Å². The van der Waals surface area contributed by atoms with E-state index >= 15 is 0 Å². The van der Waals surface area contributed by atoms with Crippen molar-refractivity contribution in [3.05, 3.63) is 63.3 Å². The van der Waals surface area contributed by atoms with E-state index in [1.807, 2.05) is 64.1 Å². The number of hydrogen-bond donors (Lipinski definition) is 2. The first kappa shape index (κ1) is 22.8. The summed E-state index contributed by atoms with van der Waals surface area (Å²) in [5.74, 6) is 1.39. The summed E-state index contributed by atoms with van der Waals surface area (Å²) in [6.45, 7) is 8.59. The Kier molecular flexibility index (Phi) is 6.64. The second-order valence-corrected chi connectivity index (χ2v) is 8.39. The Morgan fingerprint density at radius 3 is 2.70 bits per heavy atom. The van der Waals surface area contributed by atoms with E-state index in [4.69, 9.17) is 9.47 Å². The van der Waals surface area contributed by atoms with Crippen molar-refractivity contribution >= 4 is 33.5 Å². The highest BCUT2D eigenvalue weighted by Crippen LogP contribution is 2.42. The van der Waals surface area contributed by atoms with Crippen LogP contribution in [0.4, 0.5) is 11.6 Å². The van der Waals surface area contributed by atoms with E-state index in [9.17, 15) is 4.79 Å². The molecule has 0 saturated heterocycles. The van der Waals surface area contributed by atoms with E-state index in [0.29, 0.717) is 47.6 Å². The van der Waals surface area contributed by atoms with Crippen LogP contribution in [0, 0.1) is 6.92 Å². The van der Waals surface area contributed by atoms with Crippen LogP contribution in [0.3, 0.4) is 0 Å². The molecule has 0 aliphatic carbocycles. The number of aryl methyl sites for hydroxylation is 1. The fourth-order valence-corrected chi connectivity index (χ4v) is 4.40. The van der Waals surface area contributed by atoms with Crippen molar-refractivity contribution in [2.75, 3.05) is 23.8 Å². The minimum Gasteiger partial charge on any atom is -0.490 e. The lowest BCUT2D eigenvalue weighted by Crippen LogP contribution is -2.31. The van der Waals surface area contributed by atoms with Gasteiger partial charge in [-0.15, -0.1) is 0 Å². The third kappa shape index (κ3) is 4.56. The van der Waals surface area contributed by atoms with Gasteiger partial charge in [0.15, 0.2) is 11.5 Å². The lowest BCUT2D eigenvalue weighted by Gasteiger charge is -2.28. The number of benzene rings is 2. The molecular formula is C23H25BrN6O3. The van der Waals surface area contributed by atoms with Crippen LogP contribution < -0.4 is 20.1 Å². The van der Waals surface area contributed by atoms with Crippen LogP contribution in [0.2, 0.25) is 0 Å². The number of halogens is 1. The molecule has 1 unspecified atom stereocenters. The van der Waals surface area contributed by atoms with Crippen molar-refractivity contribution in [2.45, 2.75) is 33.7 Å². The van der Waals surface area contributed by atoms with Gasteiger partial charge in [-0.05, 0) is 89.4 Å². The molecule has 33 heavy (non-hydrogen) atoms. The number of nitrogens with zero attached hydrogens (tertiary/aromatic N) is 4. The van der Waals surface area contributed by atoms with Crippen LogP contribution >= 0.6 is 15.9 Å². The first-order valence-corrected chi connectivity index (χ1v) is 11.4. The van der Waals surface area contributed by atoms with Crippen LogP contribution in [0.5, 0.6) is 11.5 Å². The molecule has 1 aliphatic heterocycles. The Labute approximate surface area is 200 Å². The predicted molar refractivity (Wildman–Crippen MR) is 129 cm³/mol. The standard InChI is InChI=1S/C23H25BrN6O3/c1-5-32-18-12-15(11-17(24)21(18)33-6-2)20-19(14(4)25-23-27-28-29-30(20)23)22(31)26-16-9-7-8-13(3)10-16/h7-12,20H,5-6H2,1-4H3,(H,26,31)(H,25,27,29). The van der Waals surface area contributed by atoms with E-state index < -0.39 is 6.04 Å². The van der Waals surface area contributed by atoms with Gasteiger partial charge in [0, 0.05) is 11.4 Å². The lowest BCUT2D eigenvalue weighted by atomic mass is 9.94. The van der Waals surface area contributed by atoms with Gasteiger partial charge in [-0.1, -0.05) is 17.2 Å². The maximum atomic E-state index is 13.5. The molecular weight excluding hydrogens is 488 g/mol. The highest BCUT2D eigenvalue weighted by Gasteiger charge is 2.35. The molecule has 1 aliphatic rings. The van der Waals surface area contributed by atoms with Gasteiger partial charge in [0.05, 0.1) is 23.3 Å². The zero-order valence-corrected chi connectivity index (χ0v) is 20.4. The van der Waals surface area contributed by atoms with Crippen LogP contribution in [0.15, 0.2) is 52.1 Å². The maximum Gasteiger partial charge on any atom is 0.255 e. The zero-order chi connectivity index (χ0) is 23.5. The first-order chi connectivity index (χ1) is 15.9. The Bertz CT molecular complexity index is 1220. The maximum absolute atomic E-state index is 13.5. The summed E-state index contributed by atoms with van der Waals surface area (Å²) in [7, 11) is 0. The summed E-state index contributed by atoms with van der Waals surface area (Å²) in [5.41, 5.74) is 3.70. The van der Waals surface area contributed by atoms with Gasteiger partial charge < -0.3 is 20.1 Å². The van der Waals surface area contributed by atoms with Gasteiger partial charge in [0.25, 0.3) is 5.91 Å². The number of carbonyl (C=O) groups is 1. The van der Waals surface area contributed by atoms with E-state index in [1.54, 1.807) is 4.68 Å². The summed E-state index contributed by atoms with van der Waals surface area (Å²) >= 11 is 3.60. The molecule has 0 saturated carbocycles. The molecule has 172 valence electrons. The quantitative estimate of drug-likeness (QED) is 0.481. The number of carbonyl (C=O) groups excluding carboxylic acids is 1. The normalized spacial score (nSPS) is 15.0. The molecule has 10 heteroatoms. The van der Waals surface area contributed by atoms with Gasteiger partial charge in [-0.3, -0.25) is 4.79 Å². The molecule has 4 rings (SSSR count). The van der Waals surface area contributed by atoms with Crippen molar-refractivity contribution in [2.24, 2.45) is 0 Å². The third-order valence-electron chi connectivity index (χ3n) is 5.17. The van der Waals surface area contributed by atoms with Crippen molar-refractivity contribution < 1.29 is 14.3 Å². The molecule has 1 atom stereocenters. The second kappa shape index (κ2) is 9.62. The average Bonchev–Trinajstić information content (AvgIpc) is 3.23. The van der Waals surface area contributed by atoms with E-state index in [-0.39, 0.29) is 5.91 Å². The molecule has 0 bridgehead atoms. The zero-order valence-electron chi connectivity index (χ0n) is 18.8. The summed E-state index contributed by atoms with van der Waals surface area (Å²) in [5, 5.41) is 18.2. The van der Waals surface area contributed by atoms with E-state index in [1.165, 1.54) is 0 Å². The number of fused-ring (bicyclic) bond motifs is 1.